The number of ether oxygens (including phenoxy) is 1. The Hall–Kier alpha value is -3.13. The monoisotopic (exact) mass is 311 g/mol. The molecule has 0 spiro atoms. The molecule has 2 nitrogen and oxygen atoms in total. The maximum atomic E-state index is 5.27. The molecular formula is C22H17NO. The van der Waals surface area contributed by atoms with Crippen molar-refractivity contribution in [1.29, 1.82) is 0 Å². The van der Waals surface area contributed by atoms with E-state index in [9.17, 15) is 0 Å². The van der Waals surface area contributed by atoms with Crippen molar-refractivity contribution in [2.75, 3.05) is 7.11 Å². The van der Waals surface area contributed by atoms with E-state index in [1.807, 2.05) is 42.5 Å². The van der Waals surface area contributed by atoms with E-state index in [0.29, 0.717) is 0 Å². The molecule has 0 aliphatic carbocycles. The van der Waals surface area contributed by atoms with Crippen LogP contribution < -0.4 is 4.74 Å². The van der Waals surface area contributed by atoms with Crippen LogP contribution in [-0.2, 0) is 0 Å². The van der Waals surface area contributed by atoms with Gasteiger partial charge in [-0.05, 0) is 29.8 Å². The summed E-state index contributed by atoms with van der Waals surface area (Å²) in [6, 6.07) is 28.9. The van der Waals surface area contributed by atoms with Crippen molar-refractivity contribution in [2.24, 2.45) is 0 Å². The topological polar surface area (TPSA) is 22.1 Å². The highest BCUT2D eigenvalue weighted by Crippen LogP contribution is 2.34. The molecule has 0 radical (unpaired) electrons. The minimum atomic E-state index is 0.855. The van der Waals surface area contributed by atoms with Crippen LogP contribution in [-0.4, -0.2) is 12.1 Å². The van der Waals surface area contributed by atoms with E-state index in [0.717, 1.165) is 39.0 Å². The first-order valence-corrected chi connectivity index (χ1v) is 7.95. The van der Waals surface area contributed by atoms with Gasteiger partial charge in [-0.1, -0.05) is 60.7 Å². The van der Waals surface area contributed by atoms with Crippen LogP contribution in [0.25, 0.3) is 33.3 Å². The lowest BCUT2D eigenvalue weighted by molar-refractivity contribution is 0.415. The normalized spacial score (nSPS) is 10.7. The van der Waals surface area contributed by atoms with Crippen molar-refractivity contribution < 1.29 is 4.74 Å². The molecular weight excluding hydrogens is 294 g/mol. The number of pyridine rings is 1. The Morgan fingerprint density at radius 1 is 0.708 bits per heavy atom. The summed E-state index contributed by atoms with van der Waals surface area (Å²) < 4.78 is 5.27. The van der Waals surface area contributed by atoms with Gasteiger partial charge in [0.2, 0.25) is 0 Å². The standard InChI is InChI=1S/C22H17NO/c1-24-19-13-11-16(12-14-19)20-15-18-9-5-6-10-21(18)23-22(20)17-7-3-2-4-8-17/h2-15H,1H3. The minimum Gasteiger partial charge on any atom is -0.497 e. The average Bonchev–Trinajstić information content (AvgIpc) is 2.68. The smallest absolute Gasteiger partial charge is 0.118 e. The maximum absolute atomic E-state index is 5.27. The highest BCUT2D eigenvalue weighted by Gasteiger charge is 2.11. The minimum absolute atomic E-state index is 0.855. The Bertz CT molecular complexity index is 976. The molecule has 0 unspecified atom stereocenters. The second-order valence-corrected chi connectivity index (χ2v) is 5.67. The summed E-state index contributed by atoms with van der Waals surface area (Å²) in [5, 5.41) is 1.14. The quantitative estimate of drug-likeness (QED) is 0.493. The summed E-state index contributed by atoms with van der Waals surface area (Å²) in [5.74, 6) is 0.855. The summed E-state index contributed by atoms with van der Waals surface area (Å²) in [6.07, 6.45) is 0. The predicted molar refractivity (Wildman–Crippen MR) is 99.2 cm³/mol. The first-order valence-electron chi connectivity index (χ1n) is 7.95. The van der Waals surface area contributed by atoms with E-state index in [2.05, 4.69) is 42.5 Å². The summed E-state index contributed by atoms with van der Waals surface area (Å²) >= 11 is 0. The van der Waals surface area contributed by atoms with Gasteiger partial charge < -0.3 is 4.74 Å². The number of nitrogens with zero attached hydrogens (tertiary/aromatic N) is 1. The van der Waals surface area contributed by atoms with Gasteiger partial charge in [0.1, 0.15) is 5.75 Å². The zero-order valence-corrected chi connectivity index (χ0v) is 13.4. The lowest BCUT2D eigenvalue weighted by Crippen LogP contribution is -1.91. The molecule has 0 saturated heterocycles. The molecule has 0 amide bonds. The molecule has 0 fully saturated rings. The van der Waals surface area contributed by atoms with Gasteiger partial charge in [0.05, 0.1) is 18.3 Å². The summed E-state index contributed by atoms with van der Waals surface area (Å²) in [7, 11) is 1.68. The van der Waals surface area contributed by atoms with E-state index in [1.54, 1.807) is 7.11 Å². The number of hydrogen-bond acceptors (Lipinski definition) is 2. The molecule has 0 saturated carbocycles. The van der Waals surface area contributed by atoms with E-state index in [-0.39, 0.29) is 0 Å². The lowest BCUT2D eigenvalue weighted by atomic mass is 9.97. The van der Waals surface area contributed by atoms with Gasteiger partial charge in [0, 0.05) is 16.5 Å². The summed E-state index contributed by atoms with van der Waals surface area (Å²) in [6.45, 7) is 0. The molecule has 4 rings (SSSR count). The summed E-state index contributed by atoms with van der Waals surface area (Å²) in [5.41, 5.74) is 5.39. The highest BCUT2D eigenvalue weighted by molar-refractivity contribution is 5.91. The number of benzene rings is 3. The predicted octanol–water partition coefficient (Wildman–Crippen LogP) is 5.58. The zero-order chi connectivity index (χ0) is 16.4. The first kappa shape index (κ1) is 14.5. The highest BCUT2D eigenvalue weighted by atomic mass is 16.5. The number of hydrogen-bond donors (Lipinski definition) is 0. The molecule has 3 aromatic carbocycles. The largest absolute Gasteiger partial charge is 0.497 e. The first-order chi connectivity index (χ1) is 11.8. The van der Waals surface area contributed by atoms with Gasteiger partial charge >= 0.3 is 0 Å². The Morgan fingerprint density at radius 2 is 1.42 bits per heavy atom. The van der Waals surface area contributed by atoms with Gasteiger partial charge in [-0.25, -0.2) is 4.98 Å². The molecule has 24 heavy (non-hydrogen) atoms. The van der Waals surface area contributed by atoms with Gasteiger partial charge in [-0.2, -0.15) is 0 Å². The van der Waals surface area contributed by atoms with E-state index in [4.69, 9.17) is 9.72 Å². The second-order valence-electron chi connectivity index (χ2n) is 5.67. The molecule has 0 atom stereocenters. The molecule has 1 heterocycles. The Balaban J connectivity index is 1.97. The number of aromatic nitrogens is 1. The van der Waals surface area contributed by atoms with Crippen molar-refractivity contribution in [3.8, 4) is 28.1 Å². The van der Waals surface area contributed by atoms with Gasteiger partial charge in [-0.3, -0.25) is 0 Å². The third-order valence-electron chi connectivity index (χ3n) is 4.17. The lowest BCUT2D eigenvalue weighted by Gasteiger charge is -2.12. The van der Waals surface area contributed by atoms with Crippen molar-refractivity contribution in [3.05, 3.63) is 84.9 Å². The van der Waals surface area contributed by atoms with Crippen LogP contribution in [0.5, 0.6) is 5.75 Å². The van der Waals surface area contributed by atoms with Gasteiger partial charge in [0.15, 0.2) is 0 Å². The fourth-order valence-electron chi connectivity index (χ4n) is 2.92. The van der Waals surface area contributed by atoms with E-state index >= 15 is 0 Å². The van der Waals surface area contributed by atoms with Crippen LogP contribution in [0.15, 0.2) is 84.9 Å². The van der Waals surface area contributed by atoms with Crippen LogP contribution >= 0.6 is 0 Å². The molecule has 116 valence electrons. The van der Waals surface area contributed by atoms with E-state index in [1.165, 1.54) is 0 Å². The number of para-hydroxylation sites is 1. The maximum Gasteiger partial charge on any atom is 0.118 e. The van der Waals surface area contributed by atoms with Crippen LogP contribution in [0.3, 0.4) is 0 Å². The number of fused-ring (bicyclic) bond motifs is 1. The van der Waals surface area contributed by atoms with Crippen LogP contribution in [0.4, 0.5) is 0 Å². The molecule has 4 aromatic rings. The van der Waals surface area contributed by atoms with Crippen molar-refractivity contribution in [1.82, 2.24) is 4.98 Å². The molecule has 0 aliphatic heterocycles. The van der Waals surface area contributed by atoms with Crippen molar-refractivity contribution in [3.63, 3.8) is 0 Å². The fourth-order valence-corrected chi connectivity index (χ4v) is 2.92. The third-order valence-corrected chi connectivity index (χ3v) is 4.17. The van der Waals surface area contributed by atoms with Crippen LogP contribution in [0.2, 0.25) is 0 Å². The number of methoxy groups -OCH3 is 1. The number of rotatable bonds is 3. The van der Waals surface area contributed by atoms with Crippen molar-refractivity contribution in [2.45, 2.75) is 0 Å². The molecule has 1 aromatic heterocycles. The third kappa shape index (κ3) is 2.63. The van der Waals surface area contributed by atoms with Crippen molar-refractivity contribution >= 4 is 10.9 Å². The SMILES string of the molecule is COc1ccc(-c2cc3ccccc3nc2-c2ccccc2)cc1. The van der Waals surface area contributed by atoms with Gasteiger partial charge in [0.25, 0.3) is 0 Å². The average molecular weight is 311 g/mol. The fraction of sp³-hybridized carbons (Fsp3) is 0.0455. The Labute approximate surface area is 141 Å². The Morgan fingerprint density at radius 3 is 2.17 bits per heavy atom. The second kappa shape index (κ2) is 6.17. The van der Waals surface area contributed by atoms with E-state index < -0.39 is 0 Å². The van der Waals surface area contributed by atoms with Crippen LogP contribution in [0.1, 0.15) is 0 Å². The summed E-state index contributed by atoms with van der Waals surface area (Å²) in [4.78, 5) is 4.93. The Kier molecular flexibility index (Phi) is 3.72. The molecule has 2 heteroatoms. The van der Waals surface area contributed by atoms with Crippen LogP contribution in [0, 0.1) is 0 Å². The van der Waals surface area contributed by atoms with Gasteiger partial charge in [-0.15, -0.1) is 0 Å². The molecule has 0 bridgehead atoms. The molecule has 0 aliphatic rings. The molecule has 0 N–H and O–H groups in total. The zero-order valence-electron chi connectivity index (χ0n) is 13.4.